The van der Waals surface area contributed by atoms with Crippen LogP contribution in [0.4, 0.5) is 0 Å². The van der Waals surface area contributed by atoms with Gasteiger partial charge in [-0.25, -0.2) is 0 Å². The van der Waals surface area contributed by atoms with Crippen molar-refractivity contribution in [2.24, 2.45) is 5.92 Å². The summed E-state index contributed by atoms with van der Waals surface area (Å²) < 4.78 is 0. The molecule has 2 unspecified atom stereocenters. The summed E-state index contributed by atoms with van der Waals surface area (Å²) in [6.45, 7) is 5.07. The van der Waals surface area contributed by atoms with Gasteiger partial charge in [0.2, 0.25) is 5.91 Å². The minimum absolute atomic E-state index is 0.0863. The number of aliphatic hydroxyl groups excluding tert-OH is 1. The molecule has 0 fully saturated rings. The Kier molecular flexibility index (Phi) is 8.59. The summed E-state index contributed by atoms with van der Waals surface area (Å²) in [5, 5.41) is 14.6. The summed E-state index contributed by atoms with van der Waals surface area (Å²) in [6, 6.07) is -0.249. The molecule has 4 heteroatoms. The average molecular weight is 226 g/mol. The molecule has 0 aromatic carbocycles. The zero-order valence-electron chi connectivity index (χ0n) is 10.1. The van der Waals surface area contributed by atoms with Gasteiger partial charge < -0.3 is 15.7 Å². The molecule has 0 spiro atoms. The summed E-state index contributed by atoms with van der Waals surface area (Å²) in [4.78, 5) is 11.4. The Labute approximate surface area is 97.8 Å². The summed E-state index contributed by atoms with van der Waals surface area (Å²) in [6.07, 6.45) is 6.81. The van der Waals surface area contributed by atoms with Crippen molar-refractivity contribution in [1.82, 2.24) is 10.6 Å². The third-order valence-electron chi connectivity index (χ3n) is 2.59. The van der Waals surface area contributed by atoms with Gasteiger partial charge in [-0.1, -0.05) is 19.3 Å². The molecule has 4 nitrogen and oxygen atoms in total. The molecule has 0 aliphatic rings. The molecule has 0 rings (SSSR count). The summed E-state index contributed by atoms with van der Waals surface area (Å²) in [5.41, 5.74) is 0. The van der Waals surface area contributed by atoms with E-state index < -0.39 is 0 Å². The number of carbonyl (C=O) groups excluding carboxylic acids is 1. The first-order chi connectivity index (χ1) is 7.65. The van der Waals surface area contributed by atoms with E-state index in [1.807, 2.05) is 0 Å². The fraction of sp³-hybridized carbons (Fsp3) is 0.750. The number of aliphatic hydroxyl groups is 1. The van der Waals surface area contributed by atoms with Crippen molar-refractivity contribution in [3.8, 4) is 12.3 Å². The Bertz CT molecular complexity index is 236. The van der Waals surface area contributed by atoms with Gasteiger partial charge in [0.25, 0.3) is 0 Å². The van der Waals surface area contributed by atoms with Crippen molar-refractivity contribution in [3.05, 3.63) is 0 Å². The molecule has 16 heavy (non-hydrogen) atoms. The third kappa shape index (κ3) is 6.44. The molecule has 3 N–H and O–H groups in total. The maximum Gasteiger partial charge on any atom is 0.237 e. The molecule has 0 saturated carbocycles. The van der Waals surface area contributed by atoms with Crippen LogP contribution in [0.5, 0.6) is 0 Å². The van der Waals surface area contributed by atoms with Crippen molar-refractivity contribution in [2.45, 2.75) is 32.7 Å². The van der Waals surface area contributed by atoms with E-state index in [0.29, 0.717) is 5.92 Å². The van der Waals surface area contributed by atoms with Crippen LogP contribution in [0.3, 0.4) is 0 Å². The van der Waals surface area contributed by atoms with Crippen molar-refractivity contribution >= 4 is 5.91 Å². The Hall–Kier alpha value is -1.05. The van der Waals surface area contributed by atoms with Crippen molar-refractivity contribution < 1.29 is 9.90 Å². The lowest BCUT2D eigenvalue weighted by Crippen LogP contribution is -2.44. The van der Waals surface area contributed by atoms with Gasteiger partial charge in [-0.3, -0.25) is 4.79 Å². The van der Waals surface area contributed by atoms with Gasteiger partial charge in [-0.15, -0.1) is 6.42 Å². The van der Waals surface area contributed by atoms with E-state index >= 15 is 0 Å². The molecule has 0 aliphatic heterocycles. The first-order valence-corrected chi connectivity index (χ1v) is 5.71. The maximum absolute atomic E-state index is 11.4. The molecule has 0 aromatic heterocycles. The van der Waals surface area contributed by atoms with E-state index in [9.17, 15) is 4.79 Å². The molecular formula is C12H22N2O2. The second-order valence-corrected chi connectivity index (χ2v) is 3.84. The van der Waals surface area contributed by atoms with Crippen LogP contribution < -0.4 is 10.6 Å². The molecule has 0 saturated heterocycles. The lowest BCUT2D eigenvalue weighted by Gasteiger charge is -2.18. The minimum Gasteiger partial charge on any atom is -0.396 e. The molecule has 0 radical (unpaired) electrons. The second-order valence-electron chi connectivity index (χ2n) is 3.84. The number of carbonyl (C=O) groups is 1. The normalized spacial score (nSPS) is 13.9. The highest BCUT2D eigenvalue weighted by atomic mass is 16.3. The molecular weight excluding hydrogens is 204 g/mol. The maximum atomic E-state index is 11.4. The van der Waals surface area contributed by atoms with Crippen LogP contribution in [0.25, 0.3) is 0 Å². The van der Waals surface area contributed by atoms with Crippen molar-refractivity contribution in [3.63, 3.8) is 0 Å². The molecule has 1 amide bonds. The van der Waals surface area contributed by atoms with Crippen LogP contribution in [0, 0.1) is 18.3 Å². The molecule has 2 atom stereocenters. The lowest BCUT2D eigenvalue weighted by molar-refractivity contribution is -0.122. The molecule has 0 bridgehead atoms. The van der Waals surface area contributed by atoms with E-state index in [-0.39, 0.29) is 25.1 Å². The highest BCUT2D eigenvalue weighted by Crippen LogP contribution is 2.05. The fourth-order valence-electron chi connectivity index (χ4n) is 1.36. The van der Waals surface area contributed by atoms with Gasteiger partial charge in [0.1, 0.15) is 0 Å². The van der Waals surface area contributed by atoms with Gasteiger partial charge >= 0.3 is 0 Å². The monoisotopic (exact) mass is 226 g/mol. The molecule has 92 valence electrons. The quantitative estimate of drug-likeness (QED) is 0.515. The first-order valence-electron chi connectivity index (χ1n) is 5.71. The van der Waals surface area contributed by atoms with Gasteiger partial charge in [0.05, 0.1) is 12.6 Å². The Balaban J connectivity index is 3.82. The largest absolute Gasteiger partial charge is 0.396 e. The number of terminal acetylenes is 1. The van der Waals surface area contributed by atoms with Crippen LogP contribution in [-0.2, 0) is 4.79 Å². The Morgan fingerprint density at radius 1 is 1.56 bits per heavy atom. The van der Waals surface area contributed by atoms with E-state index in [2.05, 4.69) is 23.5 Å². The summed E-state index contributed by atoms with van der Waals surface area (Å²) >= 11 is 0. The zero-order chi connectivity index (χ0) is 12.4. The van der Waals surface area contributed by atoms with E-state index in [1.54, 1.807) is 6.92 Å². The number of hydrogen-bond donors (Lipinski definition) is 3. The van der Waals surface area contributed by atoms with Crippen LogP contribution in [-0.4, -0.2) is 36.8 Å². The standard InChI is InChI=1S/C12H22N2O2/c1-4-7-13-12(16)10(3)14-9-11(5-2)6-8-15/h1,10-11,14-15H,5-9H2,2-3H3,(H,13,16). The van der Waals surface area contributed by atoms with E-state index in [4.69, 9.17) is 11.5 Å². The summed E-state index contributed by atoms with van der Waals surface area (Å²) in [5.74, 6) is 2.68. The van der Waals surface area contributed by atoms with Crippen molar-refractivity contribution in [2.75, 3.05) is 19.7 Å². The number of hydrogen-bond acceptors (Lipinski definition) is 3. The van der Waals surface area contributed by atoms with Crippen LogP contribution in [0.1, 0.15) is 26.7 Å². The smallest absolute Gasteiger partial charge is 0.237 e. The Morgan fingerprint density at radius 3 is 2.75 bits per heavy atom. The van der Waals surface area contributed by atoms with Crippen LogP contribution in [0.2, 0.25) is 0 Å². The predicted octanol–water partition coefficient (Wildman–Crippen LogP) is 0.123. The molecule has 0 aromatic rings. The number of nitrogens with one attached hydrogen (secondary N) is 2. The van der Waals surface area contributed by atoms with Gasteiger partial charge in [0, 0.05) is 6.61 Å². The minimum atomic E-state index is -0.249. The fourth-order valence-corrected chi connectivity index (χ4v) is 1.36. The van der Waals surface area contributed by atoms with Crippen LogP contribution in [0.15, 0.2) is 0 Å². The van der Waals surface area contributed by atoms with E-state index in [1.165, 1.54) is 0 Å². The second kappa shape index (κ2) is 9.20. The zero-order valence-corrected chi connectivity index (χ0v) is 10.1. The van der Waals surface area contributed by atoms with Crippen LogP contribution >= 0.6 is 0 Å². The molecule has 0 aliphatic carbocycles. The lowest BCUT2D eigenvalue weighted by atomic mass is 10.0. The first kappa shape index (κ1) is 14.9. The third-order valence-corrected chi connectivity index (χ3v) is 2.59. The van der Waals surface area contributed by atoms with Gasteiger partial charge in [-0.05, 0) is 25.8 Å². The number of amides is 1. The summed E-state index contributed by atoms with van der Waals surface area (Å²) in [7, 11) is 0. The topological polar surface area (TPSA) is 61.4 Å². The van der Waals surface area contributed by atoms with E-state index in [0.717, 1.165) is 19.4 Å². The average Bonchev–Trinajstić information content (AvgIpc) is 2.30. The highest BCUT2D eigenvalue weighted by Gasteiger charge is 2.13. The predicted molar refractivity (Wildman–Crippen MR) is 64.8 cm³/mol. The van der Waals surface area contributed by atoms with Gasteiger partial charge in [0.15, 0.2) is 0 Å². The highest BCUT2D eigenvalue weighted by molar-refractivity contribution is 5.81. The van der Waals surface area contributed by atoms with Gasteiger partial charge in [-0.2, -0.15) is 0 Å². The van der Waals surface area contributed by atoms with Crippen molar-refractivity contribution in [1.29, 1.82) is 0 Å². The molecule has 0 heterocycles. The Morgan fingerprint density at radius 2 is 2.25 bits per heavy atom. The SMILES string of the molecule is C#CCNC(=O)C(C)NCC(CC)CCO. The number of rotatable bonds is 8.